The average molecular weight is 464 g/mol. The highest BCUT2D eigenvalue weighted by molar-refractivity contribution is 7.19. The standard InChI is InChI=1S/C20H22F2N6O3S/c1-9-10(2)26-27-18-14(9)15(23)16(32-18)17(29)24-12-7-28(8-12)20(30)25-11-3-5-13(6-4-11)31-19(21)22/h3-6,12,17,19,24,29H,7-8,23H2,1-2H3,(H,25,30). The summed E-state index contributed by atoms with van der Waals surface area (Å²) in [6.07, 6.45) is -0.994. The van der Waals surface area contributed by atoms with Gasteiger partial charge >= 0.3 is 12.6 Å². The molecular formula is C20H22F2N6O3S. The zero-order valence-corrected chi connectivity index (χ0v) is 18.1. The van der Waals surface area contributed by atoms with Crippen LogP contribution in [0.25, 0.3) is 10.2 Å². The minimum Gasteiger partial charge on any atom is -0.435 e. The zero-order valence-electron chi connectivity index (χ0n) is 17.3. The molecular weight excluding hydrogens is 442 g/mol. The van der Waals surface area contributed by atoms with Crippen LogP contribution in [0.2, 0.25) is 0 Å². The maximum atomic E-state index is 12.3. The van der Waals surface area contributed by atoms with Gasteiger partial charge < -0.3 is 25.8 Å². The lowest BCUT2D eigenvalue weighted by molar-refractivity contribution is -0.0498. The van der Waals surface area contributed by atoms with E-state index in [-0.39, 0.29) is 17.8 Å². The average Bonchev–Trinajstić information content (AvgIpc) is 3.05. The Morgan fingerprint density at radius 2 is 1.97 bits per heavy atom. The third-order valence-corrected chi connectivity index (χ3v) is 6.45. The molecule has 0 radical (unpaired) electrons. The molecule has 2 amide bonds. The van der Waals surface area contributed by atoms with Crippen molar-refractivity contribution in [2.45, 2.75) is 32.7 Å². The summed E-state index contributed by atoms with van der Waals surface area (Å²) in [4.78, 5) is 15.1. The van der Waals surface area contributed by atoms with Crippen LogP contribution in [0.3, 0.4) is 0 Å². The summed E-state index contributed by atoms with van der Waals surface area (Å²) in [5.41, 5.74) is 8.92. The van der Waals surface area contributed by atoms with Gasteiger partial charge in [-0.2, -0.15) is 13.9 Å². The first-order valence-electron chi connectivity index (χ1n) is 9.79. The van der Waals surface area contributed by atoms with E-state index in [9.17, 15) is 18.7 Å². The van der Waals surface area contributed by atoms with Crippen molar-refractivity contribution in [2.24, 2.45) is 0 Å². The Morgan fingerprint density at radius 1 is 1.28 bits per heavy atom. The Bertz CT molecular complexity index is 1130. The van der Waals surface area contributed by atoms with Crippen LogP contribution in [-0.4, -0.2) is 52.0 Å². The molecule has 0 aliphatic carbocycles. The summed E-state index contributed by atoms with van der Waals surface area (Å²) in [6, 6.07) is 5.21. The molecule has 1 aromatic carbocycles. The van der Waals surface area contributed by atoms with Crippen molar-refractivity contribution >= 4 is 39.0 Å². The zero-order chi connectivity index (χ0) is 23.0. The molecule has 4 rings (SSSR count). The number of aryl methyl sites for hydroxylation is 2. The number of nitrogens with one attached hydrogen (secondary N) is 2. The smallest absolute Gasteiger partial charge is 0.387 e. The van der Waals surface area contributed by atoms with Gasteiger partial charge in [-0.3, -0.25) is 5.32 Å². The normalized spacial score (nSPS) is 15.1. The van der Waals surface area contributed by atoms with Crippen molar-refractivity contribution in [3.05, 3.63) is 40.4 Å². The van der Waals surface area contributed by atoms with E-state index >= 15 is 0 Å². The van der Waals surface area contributed by atoms with Crippen molar-refractivity contribution in [1.82, 2.24) is 20.4 Å². The third-order valence-electron chi connectivity index (χ3n) is 5.31. The fourth-order valence-electron chi connectivity index (χ4n) is 3.43. The van der Waals surface area contributed by atoms with Crippen LogP contribution in [0.5, 0.6) is 5.75 Å². The SMILES string of the molecule is Cc1nnc2sc(C(O)NC3CN(C(=O)Nc4ccc(OC(F)F)cc4)C3)c(N)c2c1C. The number of aliphatic hydroxyl groups excluding tert-OH is 1. The van der Waals surface area contributed by atoms with Gasteiger partial charge in [0.1, 0.15) is 16.8 Å². The Balaban J connectivity index is 1.31. The number of ether oxygens (including phenoxy) is 1. The van der Waals surface area contributed by atoms with Gasteiger partial charge in [0.15, 0.2) is 0 Å². The topological polar surface area (TPSA) is 126 Å². The van der Waals surface area contributed by atoms with Gasteiger partial charge in [-0.15, -0.1) is 16.4 Å². The fraction of sp³-hybridized carbons (Fsp3) is 0.350. The van der Waals surface area contributed by atoms with Gasteiger partial charge in [0.05, 0.1) is 16.3 Å². The highest BCUT2D eigenvalue weighted by atomic mass is 32.1. The van der Waals surface area contributed by atoms with Crippen LogP contribution in [0.4, 0.5) is 25.0 Å². The van der Waals surface area contributed by atoms with E-state index in [1.165, 1.54) is 35.6 Å². The number of nitrogens with zero attached hydrogens (tertiary/aromatic N) is 3. The number of hydrogen-bond acceptors (Lipinski definition) is 8. The summed E-state index contributed by atoms with van der Waals surface area (Å²) in [5.74, 6) is 0.0112. The molecule has 170 valence electrons. The van der Waals surface area contributed by atoms with E-state index in [2.05, 4.69) is 25.6 Å². The molecule has 3 aromatic rings. The predicted octanol–water partition coefficient (Wildman–Crippen LogP) is 2.99. The number of alkyl halides is 2. The number of halogens is 2. The van der Waals surface area contributed by atoms with E-state index in [0.717, 1.165) is 16.6 Å². The lowest BCUT2D eigenvalue weighted by Crippen LogP contribution is -2.61. The molecule has 3 heterocycles. The van der Waals surface area contributed by atoms with Crippen LogP contribution in [0, 0.1) is 13.8 Å². The summed E-state index contributed by atoms with van der Waals surface area (Å²) in [5, 5.41) is 25.5. The Hall–Kier alpha value is -3.09. The van der Waals surface area contributed by atoms with E-state index in [4.69, 9.17) is 5.73 Å². The van der Waals surface area contributed by atoms with Crippen molar-refractivity contribution < 1.29 is 23.4 Å². The maximum absolute atomic E-state index is 12.3. The monoisotopic (exact) mass is 464 g/mol. The highest BCUT2D eigenvalue weighted by Gasteiger charge is 2.33. The largest absolute Gasteiger partial charge is 0.435 e. The first-order chi connectivity index (χ1) is 15.2. The number of carbonyl (C=O) groups excluding carboxylic acids is 1. The second-order valence-electron chi connectivity index (χ2n) is 7.47. The predicted molar refractivity (Wildman–Crippen MR) is 117 cm³/mol. The number of aliphatic hydroxyl groups is 1. The lowest BCUT2D eigenvalue weighted by atomic mass is 10.1. The lowest BCUT2D eigenvalue weighted by Gasteiger charge is -2.40. The molecule has 1 saturated heterocycles. The van der Waals surface area contributed by atoms with Gasteiger partial charge in [0.25, 0.3) is 0 Å². The molecule has 32 heavy (non-hydrogen) atoms. The number of benzene rings is 1. The molecule has 2 aromatic heterocycles. The molecule has 1 fully saturated rings. The van der Waals surface area contributed by atoms with Crippen LogP contribution < -0.4 is 21.1 Å². The number of carbonyl (C=O) groups is 1. The minimum atomic E-state index is -2.90. The summed E-state index contributed by atoms with van der Waals surface area (Å²) in [6.45, 7) is 1.64. The number of amides is 2. The molecule has 12 heteroatoms. The highest BCUT2D eigenvalue weighted by Crippen LogP contribution is 2.38. The first-order valence-corrected chi connectivity index (χ1v) is 10.6. The van der Waals surface area contributed by atoms with Crippen LogP contribution in [0.1, 0.15) is 22.4 Å². The third kappa shape index (κ3) is 4.42. The number of anilines is 2. The number of nitrogens with two attached hydrogens (primary N) is 1. The Morgan fingerprint density at radius 3 is 2.62 bits per heavy atom. The molecule has 1 aliphatic heterocycles. The number of nitrogen functional groups attached to an aromatic ring is 1. The summed E-state index contributed by atoms with van der Waals surface area (Å²) in [7, 11) is 0. The van der Waals surface area contributed by atoms with Gasteiger partial charge in [-0.25, -0.2) is 4.79 Å². The number of aromatic nitrogens is 2. The Kier molecular flexibility index (Phi) is 6.09. The maximum Gasteiger partial charge on any atom is 0.387 e. The van der Waals surface area contributed by atoms with Gasteiger partial charge in [0, 0.05) is 30.2 Å². The second-order valence-corrected chi connectivity index (χ2v) is 8.51. The number of fused-ring (bicyclic) bond motifs is 1. The molecule has 1 unspecified atom stereocenters. The van der Waals surface area contributed by atoms with E-state index in [1.54, 1.807) is 4.90 Å². The quantitative estimate of drug-likeness (QED) is 0.413. The minimum absolute atomic E-state index is 0.0112. The number of hydrogen-bond donors (Lipinski definition) is 4. The number of rotatable bonds is 6. The van der Waals surface area contributed by atoms with Gasteiger partial charge in [-0.1, -0.05) is 0 Å². The molecule has 5 N–H and O–H groups in total. The molecule has 0 bridgehead atoms. The van der Waals surface area contributed by atoms with E-state index in [0.29, 0.717) is 34.2 Å². The number of urea groups is 1. The molecule has 0 saturated carbocycles. The fourth-order valence-corrected chi connectivity index (χ4v) is 4.48. The van der Waals surface area contributed by atoms with Crippen molar-refractivity contribution in [3.8, 4) is 5.75 Å². The first kappa shape index (κ1) is 22.1. The summed E-state index contributed by atoms with van der Waals surface area (Å²) < 4.78 is 28.7. The molecule has 9 nitrogen and oxygen atoms in total. The number of thiophene rings is 1. The van der Waals surface area contributed by atoms with Crippen molar-refractivity contribution in [3.63, 3.8) is 0 Å². The Labute approximate surface area is 186 Å². The van der Waals surface area contributed by atoms with E-state index in [1.807, 2.05) is 13.8 Å². The summed E-state index contributed by atoms with van der Waals surface area (Å²) >= 11 is 1.28. The molecule has 1 aliphatic rings. The number of likely N-dealkylation sites (tertiary alicyclic amines) is 1. The van der Waals surface area contributed by atoms with E-state index < -0.39 is 12.8 Å². The van der Waals surface area contributed by atoms with Crippen molar-refractivity contribution in [1.29, 1.82) is 0 Å². The second kappa shape index (κ2) is 8.81. The van der Waals surface area contributed by atoms with Crippen LogP contribution in [-0.2, 0) is 0 Å². The molecule has 0 spiro atoms. The van der Waals surface area contributed by atoms with Crippen LogP contribution in [0.15, 0.2) is 24.3 Å². The van der Waals surface area contributed by atoms with Crippen LogP contribution >= 0.6 is 11.3 Å². The van der Waals surface area contributed by atoms with Gasteiger partial charge in [0.2, 0.25) is 0 Å². The molecule has 1 atom stereocenters. The van der Waals surface area contributed by atoms with Crippen molar-refractivity contribution in [2.75, 3.05) is 24.1 Å². The van der Waals surface area contributed by atoms with Gasteiger partial charge in [-0.05, 0) is 43.7 Å².